The summed E-state index contributed by atoms with van der Waals surface area (Å²) in [5.74, 6) is -6.42. The summed E-state index contributed by atoms with van der Waals surface area (Å²) in [6.07, 6.45) is 3.03. The highest BCUT2D eigenvalue weighted by molar-refractivity contribution is 7.91. The maximum atomic E-state index is 15.3. The number of imide groups is 1. The fourth-order valence-corrected chi connectivity index (χ4v) is 11.7. The van der Waals surface area contributed by atoms with Gasteiger partial charge >= 0.3 is 12.1 Å². The predicted molar refractivity (Wildman–Crippen MR) is 304 cm³/mol. The van der Waals surface area contributed by atoms with E-state index in [-0.39, 0.29) is 136 Å². The second-order valence-electron chi connectivity index (χ2n) is 21.5. The first-order valence-corrected chi connectivity index (χ1v) is 29.9. The van der Waals surface area contributed by atoms with Gasteiger partial charge in [-0.2, -0.15) is 0 Å². The van der Waals surface area contributed by atoms with Gasteiger partial charge in [-0.05, 0) is 105 Å². The molecule has 7 N–H and O–H groups in total. The van der Waals surface area contributed by atoms with E-state index >= 15 is 4.39 Å². The van der Waals surface area contributed by atoms with E-state index in [4.69, 9.17) is 15.5 Å². The van der Waals surface area contributed by atoms with Gasteiger partial charge in [-0.15, -0.1) is 0 Å². The average Bonchev–Trinajstić information content (AvgIpc) is 2.30. The molecule has 454 valence electrons. The molecule has 0 bridgehead atoms. The second-order valence-corrected chi connectivity index (χ2v) is 23.8. The first-order valence-electron chi connectivity index (χ1n) is 28.1. The van der Waals surface area contributed by atoms with Crippen molar-refractivity contribution < 1.29 is 69.8 Å². The molecule has 0 unspecified atom stereocenters. The van der Waals surface area contributed by atoms with Gasteiger partial charge in [-0.3, -0.25) is 33.7 Å². The number of urea groups is 1. The van der Waals surface area contributed by atoms with Gasteiger partial charge in [0.25, 0.3) is 17.7 Å². The van der Waals surface area contributed by atoms with E-state index in [0.29, 0.717) is 30.5 Å². The molecule has 1 aromatic heterocycles. The Morgan fingerprint density at radius 1 is 0.869 bits per heavy atom. The summed E-state index contributed by atoms with van der Waals surface area (Å²) in [5, 5.41) is 21.4. The van der Waals surface area contributed by atoms with Crippen molar-refractivity contribution in [3.63, 3.8) is 0 Å². The van der Waals surface area contributed by atoms with Crippen molar-refractivity contribution in [2.45, 2.75) is 122 Å². The number of aliphatic hydroxyl groups is 1. The monoisotopic (exact) mass is 1190 g/mol. The van der Waals surface area contributed by atoms with Crippen molar-refractivity contribution in [2.75, 3.05) is 43.1 Å². The SMILES string of the molecule is CC(C)[C@H](NC(=O)CCCCCN1C(=O)C=CC1=O)C(=O)C[C@@H](CCCNC(N)=O)C(=O)Nc1ccc(COC(=O)N[C@H](CF)CCN(C(=O)[C@H](C)O)[C@H](c2nc(-c3cc(F)ccc3F)cn2Cc2ccccc2)C2CCS(=O)(=O)CC2)cc1. The molecule has 8 amide bonds. The number of anilines is 1. The quantitative estimate of drug-likeness (QED) is 0.0242. The Morgan fingerprint density at radius 3 is 2.20 bits per heavy atom. The highest BCUT2D eigenvalue weighted by Gasteiger charge is 2.40. The summed E-state index contributed by atoms with van der Waals surface area (Å²) < 4.78 is 77.4. The molecule has 2 aliphatic rings. The molecule has 1 saturated heterocycles. The number of ether oxygens (including phenoxy) is 1. The summed E-state index contributed by atoms with van der Waals surface area (Å²) in [4.78, 5) is 110. The van der Waals surface area contributed by atoms with Gasteiger partial charge in [0.05, 0.1) is 35.3 Å². The maximum Gasteiger partial charge on any atom is 0.407 e. The highest BCUT2D eigenvalue weighted by Crippen LogP contribution is 2.39. The summed E-state index contributed by atoms with van der Waals surface area (Å²) >= 11 is 0. The number of primary amides is 1. The minimum absolute atomic E-state index is 0.0246. The first-order chi connectivity index (χ1) is 40.0. The minimum atomic E-state index is -3.45. The number of Topliss-reactive ketones (excluding diaryl/α,β-unsaturated/α-hetero) is 1. The van der Waals surface area contributed by atoms with E-state index in [0.717, 1.165) is 28.7 Å². The van der Waals surface area contributed by atoms with Crippen LogP contribution in [0.15, 0.2) is 91.1 Å². The molecule has 5 atom stereocenters. The molecular weight excluding hydrogens is 1120 g/mol. The number of hydrogen-bond acceptors (Lipinski definition) is 13. The number of hydrogen-bond donors (Lipinski definition) is 6. The number of unbranched alkanes of at least 4 members (excludes halogenated alkanes) is 2. The smallest absolute Gasteiger partial charge is 0.407 e. The molecule has 84 heavy (non-hydrogen) atoms. The van der Waals surface area contributed by atoms with E-state index in [2.05, 4.69) is 21.3 Å². The lowest BCUT2D eigenvalue weighted by atomic mass is 9.89. The number of nitrogens with two attached hydrogens (primary N) is 1. The zero-order valence-electron chi connectivity index (χ0n) is 47.3. The Kier molecular flexibility index (Phi) is 24.2. The van der Waals surface area contributed by atoms with E-state index in [1.54, 1.807) is 42.7 Å². The molecule has 3 aromatic carbocycles. The number of nitrogens with zero attached hydrogens (tertiary/aromatic N) is 4. The number of carbonyl (C=O) groups excluding carboxylic acids is 8. The van der Waals surface area contributed by atoms with Crippen LogP contribution in [-0.4, -0.2) is 136 Å². The van der Waals surface area contributed by atoms with Crippen LogP contribution < -0.4 is 27.0 Å². The number of ketones is 1. The van der Waals surface area contributed by atoms with Crippen LogP contribution in [0.3, 0.4) is 0 Å². The van der Waals surface area contributed by atoms with Gasteiger partial charge in [0, 0.05) is 74.5 Å². The molecule has 0 spiro atoms. The molecule has 25 heteroatoms. The fraction of sp³-hybridized carbons (Fsp3) is 0.475. The number of alkyl carbamates (subject to hydrolysis) is 1. The maximum absolute atomic E-state index is 15.3. The van der Waals surface area contributed by atoms with E-state index in [9.17, 15) is 60.7 Å². The van der Waals surface area contributed by atoms with Crippen LogP contribution in [0, 0.1) is 29.4 Å². The van der Waals surface area contributed by atoms with Crippen molar-refractivity contribution in [3.05, 3.63) is 120 Å². The molecule has 3 heterocycles. The lowest BCUT2D eigenvalue weighted by Crippen LogP contribution is -2.48. The number of halogens is 3. The zero-order valence-corrected chi connectivity index (χ0v) is 48.1. The summed E-state index contributed by atoms with van der Waals surface area (Å²) in [6, 6.07) is 14.2. The summed E-state index contributed by atoms with van der Waals surface area (Å²) in [6.45, 7) is 3.56. The number of imidazole rings is 1. The molecule has 2 aliphatic heterocycles. The second kappa shape index (κ2) is 31.1. The van der Waals surface area contributed by atoms with Crippen molar-refractivity contribution in [3.8, 4) is 11.3 Å². The van der Waals surface area contributed by atoms with E-state index in [1.165, 1.54) is 42.3 Å². The Morgan fingerprint density at radius 2 is 1.56 bits per heavy atom. The van der Waals surface area contributed by atoms with Gasteiger partial charge in [0.1, 0.15) is 46.7 Å². The van der Waals surface area contributed by atoms with Gasteiger partial charge in [0.15, 0.2) is 5.78 Å². The minimum Gasteiger partial charge on any atom is -0.445 e. The first kappa shape index (κ1) is 65.2. The van der Waals surface area contributed by atoms with Gasteiger partial charge in [-0.25, -0.2) is 36.2 Å². The third kappa shape index (κ3) is 19.3. The summed E-state index contributed by atoms with van der Waals surface area (Å²) in [7, 11) is -3.45. The third-order valence-electron chi connectivity index (χ3n) is 14.7. The van der Waals surface area contributed by atoms with Crippen LogP contribution in [0.4, 0.5) is 28.4 Å². The van der Waals surface area contributed by atoms with Crippen LogP contribution in [0.25, 0.3) is 11.3 Å². The molecule has 0 saturated carbocycles. The molecule has 6 rings (SSSR count). The number of aromatic nitrogens is 2. The Labute approximate surface area is 486 Å². The fourth-order valence-electron chi connectivity index (χ4n) is 10.1. The van der Waals surface area contributed by atoms with Crippen LogP contribution in [0.2, 0.25) is 0 Å². The predicted octanol–water partition coefficient (Wildman–Crippen LogP) is 6.20. The van der Waals surface area contributed by atoms with Crippen LogP contribution in [0.5, 0.6) is 0 Å². The molecule has 0 radical (unpaired) electrons. The molecule has 0 aliphatic carbocycles. The zero-order chi connectivity index (χ0) is 61.1. The number of sulfone groups is 1. The van der Waals surface area contributed by atoms with Crippen LogP contribution in [0.1, 0.15) is 108 Å². The number of carbonyl (C=O) groups is 8. The average molecular weight is 1190 g/mol. The summed E-state index contributed by atoms with van der Waals surface area (Å²) in [5.41, 5.74) is 6.64. The van der Waals surface area contributed by atoms with E-state index < -0.39 is 88.2 Å². The van der Waals surface area contributed by atoms with Crippen LogP contribution in [-0.2, 0) is 56.5 Å². The number of amides is 8. The largest absolute Gasteiger partial charge is 0.445 e. The Bertz CT molecular complexity index is 3080. The van der Waals surface area contributed by atoms with Gasteiger partial charge in [0.2, 0.25) is 11.8 Å². The van der Waals surface area contributed by atoms with Gasteiger partial charge < -0.3 is 46.3 Å². The number of benzene rings is 3. The number of alkyl halides is 1. The number of aliphatic hydroxyl groups excluding tert-OH is 1. The van der Waals surface area contributed by atoms with Crippen molar-refractivity contribution in [2.24, 2.45) is 23.5 Å². The van der Waals surface area contributed by atoms with Crippen molar-refractivity contribution in [1.29, 1.82) is 0 Å². The number of nitrogens with one attached hydrogen (secondary N) is 4. The van der Waals surface area contributed by atoms with Crippen molar-refractivity contribution in [1.82, 2.24) is 35.3 Å². The lowest BCUT2D eigenvalue weighted by molar-refractivity contribution is -0.144. The van der Waals surface area contributed by atoms with Crippen LogP contribution >= 0.6 is 0 Å². The van der Waals surface area contributed by atoms with Gasteiger partial charge in [-0.1, -0.05) is 62.7 Å². The molecule has 1 fully saturated rings. The highest BCUT2D eigenvalue weighted by atomic mass is 32.2. The lowest BCUT2D eigenvalue weighted by Gasteiger charge is -2.39. The topological polar surface area (TPSA) is 299 Å². The van der Waals surface area contributed by atoms with E-state index in [1.807, 2.05) is 18.2 Å². The molecule has 21 nitrogen and oxygen atoms in total. The Balaban J connectivity index is 1.09. The number of rotatable bonds is 31. The molecule has 4 aromatic rings. The van der Waals surface area contributed by atoms with Crippen molar-refractivity contribution >= 4 is 63.0 Å². The third-order valence-corrected chi connectivity index (χ3v) is 16.4. The molecular formula is C59H74F3N9O12S. The normalized spacial score (nSPS) is 15.9. The Hall–Kier alpha value is -7.93. The standard InChI is InChI=1S/C59H74F3N9O12S/c1-37(2)53(68-50(74)14-8-5-9-27-70-51(75)21-22-52(70)76)49(73)31-42(13-10-26-64-58(63)79)56(77)65-44-18-15-40(16-19-44)36-83-59(80)66-45(33-60)23-28-71(57(78)38(3)72)54(41-24-29-84(81,82)30-25-41)55-67-48(46-32-43(61)17-20-47(46)62)35-69(55)34-39-11-6-4-7-12-39/h4,6-7,11-12,15-22,32,35,37-38,41-42,45,53-54,72H,5,8-10,13-14,23-31,33-34,36H2,1-3H3,(H,65,77)(H,66,80)(H,68,74)(H3,63,64,79)/t38-,42+,45-,53-,54-/m0/s1.